The molecule has 1 fully saturated rings. The molecule has 170 valence electrons. The molecule has 1 aliphatic carbocycles. The second kappa shape index (κ2) is 11.3. The van der Waals surface area contributed by atoms with Gasteiger partial charge in [0, 0.05) is 23.8 Å². The quantitative estimate of drug-likeness (QED) is 0.466. The fourth-order valence-electron chi connectivity index (χ4n) is 3.90. The van der Waals surface area contributed by atoms with Crippen molar-refractivity contribution in [3.8, 4) is 0 Å². The zero-order valence-electron chi connectivity index (χ0n) is 18.8. The molecule has 0 radical (unpaired) electrons. The van der Waals surface area contributed by atoms with Gasteiger partial charge in [0.1, 0.15) is 0 Å². The van der Waals surface area contributed by atoms with E-state index in [9.17, 15) is 14.4 Å². The molecule has 32 heavy (non-hydrogen) atoms. The molecule has 0 heterocycles. The number of hydrogen-bond donors (Lipinski definition) is 4. The second-order valence-electron chi connectivity index (χ2n) is 8.18. The van der Waals surface area contributed by atoms with Gasteiger partial charge in [0.25, 0.3) is 5.91 Å². The molecule has 0 atom stereocenters. The molecule has 0 aromatic heterocycles. The average molecular weight is 437 g/mol. The molecule has 1 aliphatic rings. The molecule has 0 bridgehead atoms. The Hall–Kier alpha value is -3.35. The summed E-state index contributed by atoms with van der Waals surface area (Å²) in [7, 11) is 0. The lowest BCUT2D eigenvalue weighted by molar-refractivity contribution is -0.116. The van der Waals surface area contributed by atoms with Crippen molar-refractivity contribution in [1.82, 2.24) is 5.32 Å². The zero-order chi connectivity index (χ0) is 22.9. The number of carbonyl (C=O) groups excluding carboxylic acids is 3. The van der Waals surface area contributed by atoms with Crippen molar-refractivity contribution in [3.05, 3.63) is 53.6 Å². The van der Waals surface area contributed by atoms with Gasteiger partial charge in [-0.3, -0.25) is 14.4 Å². The van der Waals surface area contributed by atoms with Crippen molar-refractivity contribution in [3.63, 3.8) is 0 Å². The predicted octanol–water partition coefficient (Wildman–Crippen LogP) is 4.46. The van der Waals surface area contributed by atoms with Crippen LogP contribution >= 0.6 is 0 Å². The monoisotopic (exact) mass is 436 g/mol. The summed E-state index contributed by atoms with van der Waals surface area (Å²) >= 11 is 0. The lowest BCUT2D eigenvalue weighted by Crippen LogP contribution is -2.33. The van der Waals surface area contributed by atoms with Gasteiger partial charge >= 0.3 is 0 Å². The fraction of sp³-hybridized carbons (Fsp3) is 0.400. The Morgan fingerprint density at radius 1 is 0.875 bits per heavy atom. The topological polar surface area (TPSA) is 99.3 Å². The van der Waals surface area contributed by atoms with Crippen LogP contribution in [-0.2, 0) is 9.59 Å². The molecule has 0 spiro atoms. The highest BCUT2D eigenvalue weighted by Gasteiger charge is 2.20. The normalized spacial score (nSPS) is 13.4. The van der Waals surface area contributed by atoms with Crippen LogP contribution in [0.25, 0.3) is 0 Å². The van der Waals surface area contributed by atoms with Gasteiger partial charge in [-0.05, 0) is 56.0 Å². The third kappa shape index (κ3) is 6.33. The highest BCUT2D eigenvalue weighted by Crippen LogP contribution is 2.24. The summed E-state index contributed by atoms with van der Waals surface area (Å²) in [5.74, 6) is -0.448. The van der Waals surface area contributed by atoms with Crippen LogP contribution in [0, 0.1) is 6.92 Å². The molecular weight excluding hydrogens is 404 g/mol. The first-order valence-electron chi connectivity index (χ1n) is 11.3. The number of amides is 3. The van der Waals surface area contributed by atoms with Gasteiger partial charge in [-0.15, -0.1) is 0 Å². The number of benzene rings is 2. The Labute approximate surface area is 189 Å². The van der Waals surface area contributed by atoms with Gasteiger partial charge in [-0.25, -0.2) is 0 Å². The van der Waals surface area contributed by atoms with Crippen LogP contribution in [0.4, 0.5) is 17.1 Å². The molecule has 0 unspecified atom stereocenters. The van der Waals surface area contributed by atoms with E-state index in [-0.39, 0.29) is 30.3 Å². The van der Waals surface area contributed by atoms with Crippen molar-refractivity contribution in [2.45, 2.75) is 58.4 Å². The van der Waals surface area contributed by atoms with Crippen LogP contribution in [0.5, 0.6) is 0 Å². The smallest absolute Gasteiger partial charge is 0.253 e. The molecule has 0 saturated heterocycles. The molecule has 1 saturated carbocycles. The summed E-state index contributed by atoms with van der Waals surface area (Å²) in [4.78, 5) is 37.2. The summed E-state index contributed by atoms with van der Waals surface area (Å²) in [6, 6.07) is 12.8. The van der Waals surface area contributed by atoms with Gasteiger partial charge < -0.3 is 21.3 Å². The Balaban J connectivity index is 1.60. The fourth-order valence-corrected chi connectivity index (χ4v) is 3.90. The molecule has 0 aliphatic heterocycles. The summed E-state index contributed by atoms with van der Waals surface area (Å²) in [6.45, 7) is 3.88. The Morgan fingerprint density at radius 2 is 1.53 bits per heavy atom. The zero-order valence-corrected chi connectivity index (χ0v) is 18.8. The molecule has 7 heteroatoms. The lowest BCUT2D eigenvalue weighted by Gasteiger charge is -2.16. The van der Waals surface area contributed by atoms with Crippen LogP contribution < -0.4 is 21.3 Å². The van der Waals surface area contributed by atoms with Crippen molar-refractivity contribution < 1.29 is 14.4 Å². The van der Waals surface area contributed by atoms with Gasteiger partial charge in [-0.1, -0.05) is 38.0 Å². The molecule has 2 aromatic rings. The van der Waals surface area contributed by atoms with Crippen LogP contribution in [0.2, 0.25) is 0 Å². The van der Waals surface area contributed by atoms with Crippen molar-refractivity contribution in [2.24, 2.45) is 0 Å². The first kappa shape index (κ1) is 23.3. The summed E-state index contributed by atoms with van der Waals surface area (Å²) in [5.41, 5.74) is 3.31. The van der Waals surface area contributed by atoms with E-state index in [1.165, 1.54) is 0 Å². The first-order valence-corrected chi connectivity index (χ1v) is 11.3. The molecule has 7 nitrogen and oxygen atoms in total. The highest BCUT2D eigenvalue weighted by atomic mass is 16.2. The second-order valence-corrected chi connectivity index (χ2v) is 8.18. The predicted molar refractivity (Wildman–Crippen MR) is 128 cm³/mol. The van der Waals surface area contributed by atoms with Gasteiger partial charge in [0.05, 0.1) is 17.8 Å². The van der Waals surface area contributed by atoms with E-state index in [0.29, 0.717) is 17.7 Å². The highest BCUT2D eigenvalue weighted by molar-refractivity contribution is 6.04. The number of anilines is 3. The van der Waals surface area contributed by atoms with E-state index in [1.807, 2.05) is 32.0 Å². The standard InChI is InChI=1S/C25H32N4O3/c1-3-9-23(30)28-21-15-8-14-20(17(21)2)26-16-24(31)29-22-13-7-6-12-19(22)25(32)27-18-10-4-5-11-18/h6-8,12-15,18,26H,3-5,9-11,16H2,1-2H3,(H,27,32)(H,28,30)(H,29,31). The van der Waals surface area contributed by atoms with Crippen molar-refractivity contribution >= 4 is 34.8 Å². The van der Waals surface area contributed by atoms with E-state index in [1.54, 1.807) is 24.3 Å². The minimum atomic E-state index is -0.258. The molecular formula is C25H32N4O3. The number of hydrogen-bond acceptors (Lipinski definition) is 4. The number of para-hydroxylation sites is 1. The van der Waals surface area contributed by atoms with E-state index in [4.69, 9.17) is 0 Å². The van der Waals surface area contributed by atoms with Crippen LogP contribution in [0.15, 0.2) is 42.5 Å². The maximum absolute atomic E-state index is 12.7. The number of carbonyl (C=O) groups is 3. The minimum absolute atomic E-state index is 0.0296. The van der Waals surface area contributed by atoms with Crippen LogP contribution in [-0.4, -0.2) is 30.3 Å². The first-order chi connectivity index (χ1) is 15.5. The van der Waals surface area contributed by atoms with E-state index < -0.39 is 0 Å². The SMILES string of the molecule is CCCC(=O)Nc1cccc(NCC(=O)Nc2ccccc2C(=O)NC2CCCC2)c1C. The van der Waals surface area contributed by atoms with Crippen LogP contribution in [0.3, 0.4) is 0 Å². The maximum Gasteiger partial charge on any atom is 0.253 e. The van der Waals surface area contributed by atoms with E-state index >= 15 is 0 Å². The summed E-state index contributed by atoms with van der Waals surface area (Å²) in [6.07, 6.45) is 5.52. The lowest BCUT2D eigenvalue weighted by atomic mass is 10.1. The largest absolute Gasteiger partial charge is 0.376 e. The third-order valence-corrected chi connectivity index (χ3v) is 5.66. The Morgan fingerprint density at radius 3 is 2.28 bits per heavy atom. The molecule has 3 amide bonds. The van der Waals surface area contributed by atoms with Gasteiger partial charge in [-0.2, -0.15) is 0 Å². The maximum atomic E-state index is 12.7. The molecule has 3 rings (SSSR count). The summed E-state index contributed by atoms with van der Waals surface area (Å²) in [5, 5.41) is 11.9. The van der Waals surface area contributed by atoms with Crippen molar-refractivity contribution in [2.75, 3.05) is 22.5 Å². The number of nitrogens with one attached hydrogen (secondary N) is 4. The van der Waals surface area contributed by atoms with E-state index in [2.05, 4.69) is 21.3 Å². The van der Waals surface area contributed by atoms with E-state index in [0.717, 1.165) is 49.0 Å². The Bertz CT molecular complexity index is 967. The summed E-state index contributed by atoms with van der Waals surface area (Å²) < 4.78 is 0. The van der Waals surface area contributed by atoms with Gasteiger partial charge in [0.15, 0.2) is 0 Å². The number of rotatable bonds is 9. The third-order valence-electron chi connectivity index (χ3n) is 5.66. The van der Waals surface area contributed by atoms with Gasteiger partial charge in [0.2, 0.25) is 11.8 Å². The van der Waals surface area contributed by atoms with Crippen molar-refractivity contribution in [1.29, 1.82) is 0 Å². The Kier molecular flexibility index (Phi) is 8.25. The van der Waals surface area contributed by atoms with Crippen LogP contribution in [0.1, 0.15) is 61.4 Å². The molecule has 2 aromatic carbocycles. The minimum Gasteiger partial charge on any atom is -0.376 e. The molecule has 4 N–H and O–H groups in total. The average Bonchev–Trinajstić information content (AvgIpc) is 3.28.